The molecule has 0 saturated carbocycles. The SMILES string of the molecule is COc1ccc(C(=O)OC2CCOC2=O)c(OC)c1OC. The molecule has 1 saturated heterocycles. The van der Waals surface area contributed by atoms with Gasteiger partial charge in [-0.25, -0.2) is 9.59 Å². The number of benzene rings is 1. The molecule has 1 fully saturated rings. The Bertz CT molecular complexity index is 552. The molecule has 114 valence electrons. The number of ether oxygens (including phenoxy) is 5. The molecule has 2 rings (SSSR count). The summed E-state index contributed by atoms with van der Waals surface area (Å²) in [4.78, 5) is 23.5. The molecule has 1 unspecified atom stereocenters. The maximum atomic E-state index is 12.2. The quantitative estimate of drug-likeness (QED) is 0.755. The van der Waals surface area contributed by atoms with Crippen LogP contribution in [-0.2, 0) is 14.3 Å². The Morgan fingerprint density at radius 1 is 1.14 bits per heavy atom. The third-order valence-electron chi connectivity index (χ3n) is 3.06. The van der Waals surface area contributed by atoms with Crippen LogP contribution in [0.1, 0.15) is 16.8 Å². The zero-order valence-electron chi connectivity index (χ0n) is 12.0. The summed E-state index contributed by atoms with van der Waals surface area (Å²) in [6.07, 6.45) is -0.532. The molecule has 0 amide bonds. The molecule has 7 heteroatoms. The first-order valence-electron chi connectivity index (χ1n) is 6.29. The number of carbonyl (C=O) groups excluding carboxylic acids is 2. The molecule has 0 aromatic heterocycles. The topological polar surface area (TPSA) is 80.3 Å². The number of carbonyl (C=O) groups is 2. The third-order valence-corrected chi connectivity index (χ3v) is 3.06. The van der Waals surface area contributed by atoms with Crippen molar-refractivity contribution >= 4 is 11.9 Å². The van der Waals surface area contributed by atoms with Gasteiger partial charge in [-0.3, -0.25) is 0 Å². The fourth-order valence-electron chi connectivity index (χ4n) is 2.04. The van der Waals surface area contributed by atoms with Crippen LogP contribution in [-0.4, -0.2) is 46.0 Å². The normalized spacial score (nSPS) is 17.1. The van der Waals surface area contributed by atoms with Crippen molar-refractivity contribution in [3.63, 3.8) is 0 Å². The van der Waals surface area contributed by atoms with Gasteiger partial charge in [0, 0.05) is 6.42 Å². The van der Waals surface area contributed by atoms with E-state index in [0.29, 0.717) is 12.2 Å². The molecule has 1 atom stereocenters. The lowest BCUT2D eigenvalue weighted by Crippen LogP contribution is -2.23. The van der Waals surface area contributed by atoms with Crippen molar-refractivity contribution in [3.8, 4) is 17.2 Å². The summed E-state index contributed by atoms with van der Waals surface area (Å²) in [7, 11) is 4.31. The van der Waals surface area contributed by atoms with Crippen molar-refractivity contribution in [2.45, 2.75) is 12.5 Å². The molecule has 1 aliphatic rings. The van der Waals surface area contributed by atoms with Crippen molar-refractivity contribution in [2.75, 3.05) is 27.9 Å². The Kier molecular flexibility index (Phi) is 4.52. The highest BCUT2D eigenvalue weighted by Crippen LogP contribution is 2.40. The van der Waals surface area contributed by atoms with E-state index in [0.717, 1.165) is 0 Å². The second-order valence-electron chi connectivity index (χ2n) is 4.23. The van der Waals surface area contributed by atoms with E-state index in [1.54, 1.807) is 6.07 Å². The molecule has 0 bridgehead atoms. The molecule has 7 nitrogen and oxygen atoms in total. The summed E-state index contributed by atoms with van der Waals surface area (Å²) in [5.74, 6) is -0.331. The first kappa shape index (κ1) is 15.0. The average Bonchev–Trinajstić information content (AvgIpc) is 2.90. The van der Waals surface area contributed by atoms with Crippen LogP contribution in [0.2, 0.25) is 0 Å². The lowest BCUT2D eigenvalue weighted by Gasteiger charge is -2.15. The predicted molar refractivity (Wildman–Crippen MR) is 70.9 cm³/mol. The maximum Gasteiger partial charge on any atom is 0.347 e. The van der Waals surface area contributed by atoms with Gasteiger partial charge in [0.2, 0.25) is 11.9 Å². The van der Waals surface area contributed by atoms with Gasteiger partial charge in [0.25, 0.3) is 0 Å². The number of rotatable bonds is 5. The third kappa shape index (κ3) is 2.86. The fourth-order valence-corrected chi connectivity index (χ4v) is 2.04. The van der Waals surface area contributed by atoms with Crippen LogP contribution >= 0.6 is 0 Å². The molecular weight excluding hydrogens is 280 g/mol. The largest absolute Gasteiger partial charge is 0.493 e. The smallest absolute Gasteiger partial charge is 0.347 e. The first-order chi connectivity index (χ1) is 10.1. The minimum absolute atomic E-state index is 0.148. The zero-order chi connectivity index (χ0) is 15.4. The summed E-state index contributed by atoms with van der Waals surface area (Å²) < 4.78 is 25.4. The second-order valence-corrected chi connectivity index (χ2v) is 4.23. The van der Waals surface area contributed by atoms with Crippen molar-refractivity contribution < 1.29 is 33.3 Å². The Labute approximate surface area is 121 Å². The van der Waals surface area contributed by atoms with Gasteiger partial charge in [0.1, 0.15) is 5.56 Å². The van der Waals surface area contributed by atoms with Crippen molar-refractivity contribution in [1.82, 2.24) is 0 Å². The van der Waals surface area contributed by atoms with Crippen LogP contribution in [0.25, 0.3) is 0 Å². The summed E-state index contributed by atoms with van der Waals surface area (Å²) in [6, 6.07) is 3.05. The van der Waals surface area contributed by atoms with E-state index in [1.807, 2.05) is 0 Å². The van der Waals surface area contributed by atoms with E-state index < -0.39 is 18.0 Å². The zero-order valence-corrected chi connectivity index (χ0v) is 12.0. The highest BCUT2D eigenvalue weighted by Gasteiger charge is 2.32. The molecule has 1 heterocycles. The van der Waals surface area contributed by atoms with Gasteiger partial charge in [-0.2, -0.15) is 0 Å². The van der Waals surface area contributed by atoms with Crippen molar-refractivity contribution in [3.05, 3.63) is 17.7 Å². The Morgan fingerprint density at radius 3 is 2.38 bits per heavy atom. The Hall–Kier alpha value is -2.44. The fraction of sp³-hybridized carbons (Fsp3) is 0.429. The molecule has 0 spiro atoms. The Balaban J connectivity index is 2.30. The average molecular weight is 296 g/mol. The molecule has 1 aromatic carbocycles. The van der Waals surface area contributed by atoms with Crippen LogP contribution in [0.5, 0.6) is 17.2 Å². The first-order valence-corrected chi connectivity index (χ1v) is 6.29. The lowest BCUT2D eigenvalue weighted by molar-refractivity contribution is -0.145. The van der Waals surface area contributed by atoms with Crippen LogP contribution < -0.4 is 14.2 Å². The van der Waals surface area contributed by atoms with Crippen LogP contribution in [0.4, 0.5) is 0 Å². The van der Waals surface area contributed by atoms with E-state index in [4.69, 9.17) is 23.7 Å². The molecule has 21 heavy (non-hydrogen) atoms. The maximum absolute atomic E-state index is 12.2. The molecule has 0 aliphatic carbocycles. The summed E-state index contributed by atoms with van der Waals surface area (Å²) in [5.41, 5.74) is 0.148. The summed E-state index contributed by atoms with van der Waals surface area (Å²) in [6.45, 7) is 0.250. The highest BCUT2D eigenvalue weighted by atomic mass is 16.6. The van der Waals surface area contributed by atoms with Crippen molar-refractivity contribution in [2.24, 2.45) is 0 Å². The minimum Gasteiger partial charge on any atom is -0.493 e. The van der Waals surface area contributed by atoms with Gasteiger partial charge in [-0.05, 0) is 12.1 Å². The number of esters is 2. The van der Waals surface area contributed by atoms with Crippen LogP contribution in [0.3, 0.4) is 0 Å². The molecule has 1 aromatic rings. The van der Waals surface area contributed by atoms with Gasteiger partial charge in [-0.15, -0.1) is 0 Å². The van der Waals surface area contributed by atoms with Gasteiger partial charge in [-0.1, -0.05) is 0 Å². The summed E-state index contributed by atoms with van der Waals surface area (Å²) >= 11 is 0. The Morgan fingerprint density at radius 2 is 1.86 bits per heavy atom. The van der Waals surface area contributed by atoms with Crippen LogP contribution in [0, 0.1) is 0 Å². The van der Waals surface area contributed by atoms with E-state index in [1.165, 1.54) is 27.4 Å². The van der Waals surface area contributed by atoms with Crippen LogP contribution in [0.15, 0.2) is 12.1 Å². The molecule has 0 N–H and O–H groups in total. The van der Waals surface area contributed by atoms with Gasteiger partial charge in [0.15, 0.2) is 11.5 Å². The lowest BCUT2D eigenvalue weighted by atomic mass is 10.1. The van der Waals surface area contributed by atoms with Gasteiger partial charge in [0.05, 0.1) is 27.9 Å². The van der Waals surface area contributed by atoms with E-state index in [9.17, 15) is 9.59 Å². The number of hydrogen-bond acceptors (Lipinski definition) is 7. The number of hydrogen-bond donors (Lipinski definition) is 0. The molecular formula is C14H16O7. The van der Waals surface area contributed by atoms with Gasteiger partial charge >= 0.3 is 11.9 Å². The van der Waals surface area contributed by atoms with E-state index in [2.05, 4.69) is 0 Å². The monoisotopic (exact) mass is 296 g/mol. The van der Waals surface area contributed by atoms with E-state index >= 15 is 0 Å². The number of cyclic esters (lactones) is 1. The van der Waals surface area contributed by atoms with Gasteiger partial charge < -0.3 is 23.7 Å². The number of methoxy groups -OCH3 is 3. The highest BCUT2D eigenvalue weighted by molar-refractivity contribution is 5.95. The van der Waals surface area contributed by atoms with E-state index in [-0.39, 0.29) is 23.7 Å². The standard InChI is InChI=1S/C14H16O7/c1-17-9-5-4-8(11(18-2)12(9)19-3)13(15)21-10-6-7-20-14(10)16/h4-5,10H,6-7H2,1-3H3. The predicted octanol–water partition coefficient (Wildman–Crippen LogP) is 1.18. The molecule has 1 aliphatic heterocycles. The summed E-state index contributed by atoms with van der Waals surface area (Å²) in [5, 5.41) is 0. The second kappa shape index (κ2) is 6.34. The molecule has 0 radical (unpaired) electrons. The van der Waals surface area contributed by atoms with Crippen molar-refractivity contribution in [1.29, 1.82) is 0 Å². The minimum atomic E-state index is -0.879.